The van der Waals surface area contributed by atoms with Gasteiger partial charge in [-0.1, -0.05) is 0 Å². The number of benzene rings is 1. The Hall–Kier alpha value is -1.66. The van der Waals surface area contributed by atoms with Gasteiger partial charge in [-0.3, -0.25) is 4.79 Å². The molecule has 1 unspecified atom stereocenters. The fraction of sp³-hybridized carbons (Fsp3) is 0.611. The normalized spacial score (nSPS) is 23.2. The molecule has 6 heteroatoms. The maximum Gasteiger partial charge on any atom is 0.260 e. The van der Waals surface area contributed by atoms with Crippen LogP contribution < -0.4 is 4.74 Å². The van der Waals surface area contributed by atoms with Crippen molar-refractivity contribution in [3.8, 4) is 5.75 Å². The summed E-state index contributed by atoms with van der Waals surface area (Å²) >= 11 is 0. The lowest BCUT2D eigenvalue weighted by Crippen LogP contribution is -2.52. The van der Waals surface area contributed by atoms with Crippen LogP contribution in [0.15, 0.2) is 24.3 Å². The molecule has 1 atom stereocenters. The first-order valence-corrected chi connectivity index (χ1v) is 8.43. The van der Waals surface area contributed by atoms with Crippen molar-refractivity contribution in [3.63, 3.8) is 0 Å². The molecule has 2 saturated heterocycles. The fourth-order valence-electron chi connectivity index (χ4n) is 3.46. The van der Waals surface area contributed by atoms with Crippen LogP contribution >= 0.6 is 0 Å². The molecule has 2 fully saturated rings. The number of likely N-dealkylation sites (tertiary alicyclic amines) is 1. The second kappa shape index (κ2) is 7.49. The van der Waals surface area contributed by atoms with Gasteiger partial charge in [-0.2, -0.15) is 0 Å². The van der Waals surface area contributed by atoms with Gasteiger partial charge < -0.3 is 19.1 Å². The Morgan fingerprint density at radius 3 is 2.71 bits per heavy atom. The lowest BCUT2D eigenvalue weighted by Gasteiger charge is -2.45. The summed E-state index contributed by atoms with van der Waals surface area (Å²) in [5, 5.41) is 0. The van der Waals surface area contributed by atoms with Crippen molar-refractivity contribution < 1.29 is 23.4 Å². The predicted octanol–water partition coefficient (Wildman–Crippen LogP) is 2.39. The summed E-state index contributed by atoms with van der Waals surface area (Å²) in [5.41, 5.74) is -0.145. The van der Waals surface area contributed by atoms with E-state index in [-0.39, 0.29) is 30.0 Å². The highest BCUT2D eigenvalue weighted by molar-refractivity contribution is 5.77. The van der Waals surface area contributed by atoms with Gasteiger partial charge in [0.15, 0.2) is 6.61 Å². The minimum atomic E-state index is -0.322. The Balaban J connectivity index is 1.47. The van der Waals surface area contributed by atoms with Gasteiger partial charge in [-0.05, 0) is 43.5 Å². The van der Waals surface area contributed by atoms with Crippen LogP contribution in [-0.4, -0.2) is 55.9 Å². The third kappa shape index (κ3) is 4.05. The van der Waals surface area contributed by atoms with Crippen LogP contribution in [0.4, 0.5) is 4.39 Å². The van der Waals surface area contributed by atoms with E-state index in [2.05, 4.69) is 0 Å². The molecule has 5 nitrogen and oxygen atoms in total. The zero-order valence-corrected chi connectivity index (χ0v) is 14.0. The monoisotopic (exact) mass is 337 g/mol. The van der Waals surface area contributed by atoms with Crippen LogP contribution in [0.3, 0.4) is 0 Å². The molecule has 0 aliphatic carbocycles. The van der Waals surface area contributed by atoms with Crippen molar-refractivity contribution in [2.24, 2.45) is 0 Å². The van der Waals surface area contributed by atoms with Gasteiger partial charge in [0, 0.05) is 33.2 Å². The molecule has 1 spiro atoms. The highest BCUT2D eigenvalue weighted by atomic mass is 19.1. The van der Waals surface area contributed by atoms with Gasteiger partial charge in [-0.25, -0.2) is 4.39 Å². The van der Waals surface area contributed by atoms with Crippen molar-refractivity contribution in [2.45, 2.75) is 37.4 Å². The molecular formula is C18H24FNO4. The zero-order valence-electron chi connectivity index (χ0n) is 14.0. The number of carbonyl (C=O) groups is 1. The van der Waals surface area contributed by atoms with Gasteiger partial charge in [0.25, 0.3) is 5.91 Å². The van der Waals surface area contributed by atoms with E-state index in [1.165, 1.54) is 24.3 Å². The maximum absolute atomic E-state index is 12.9. The molecule has 0 bridgehead atoms. The van der Waals surface area contributed by atoms with E-state index in [4.69, 9.17) is 14.2 Å². The summed E-state index contributed by atoms with van der Waals surface area (Å²) in [6.07, 6.45) is 3.75. The zero-order chi connectivity index (χ0) is 17.0. The topological polar surface area (TPSA) is 48.0 Å². The van der Waals surface area contributed by atoms with Gasteiger partial charge in [0.05, 0.1) is 11.7 Å². The van der Waals surface area contributed by atoms with Crippen molar-refractivity contribution in [1.29, 1.82) is 0 Å². The highest BCUT2D eigenvalue weighted by Gasteiger charge is 2.41. The van der Waals surface area contributed by atoms with E-state index in [1.54, 1.807) is 7.11 Å². The van der Waals surface area contributed by atoms with E-state index < -0.39 is 0 Å². The van der Waals surface area contributed by atoms with E-state index in [1.807, 2.05) is 4.90 Å². The summed E-state index contributed by atoms with van der Waals surface area (Å²) in [6.45, 7) is 2.03. The van der Waals surface area contributed by atoms with Gasteiger partial charge in [0.1, 0.15) is 11.6 Å². The minimum Gasteiger partial charge on any atom is -0.484 e. The van der Waals surface area contributed by atoms with Crippen molar-refractivity contribution in [3.05, 3.63) is 30.1 Å². The molecule has 2 aliphatic heterocycles. The van der Waals surface area contributed by atoms with Crippen molar-refractivity contribution in [1.82, 2.24) is 4.90 Å². The number of halogens is 1. The summed E-state index contributed by atoms with van der Waals surface area (Å²) in [6, 6.07) is 5.68. The second-order valence-electron chi connectivity index (χ2n) is 6.51. The third-order valence-corrected chi connectivity index (χ3v) is 4.98. The Labute approximate surface area is 141 Å². The summed E-state index contributed by atoms with van der Waals surface area (Å²) in [5.74, 6) is 0.127. The molecule has 0 N–H and O–H groups in total. The predicted molar refractivity (Wildman–Crippen MR) is 86.4 cm³/mol. The molecule has 2 aliphatic rings. The lowest BCUT2D eigenvalue weighted by molar-refractivity contribution is -0.158. The molecule has 2 heterocycles. The van der Waals surface area contributed by atoms with Crippen LogP contribution in [-0.2, 0) is 14.3 Å². The van der Waals surface area contributed by atoms with Crippen LogP contribution in [0, 0.1) is 5.82 Å². The molecule has 1 amide bonds. The maximum atomic E-state index is 12.9. The SMILES string of the molecule is COC1CCOC2(CCN(C(=O)COc3ccc(F)cc3)CC2)C1. The fourth-order valence-corrected chi connectivity index (χ4v) is 3.46. The van der Waals surface area contributed by atoms with E-state index in [0.717, 1.165) is 32.3 Å². The minimum absolute atomic E-state index is 0.0276. The number of ether oxygens (including phenoxy) is 3. The van der Waals surface area contributed by atoms with Crippen molar-refractivity contribution >= 4 is 5.91 Å². The third-order valence-electron chi connectivity index (χ3n) is 4.98. The number of hydrogen-bond acceptors (Lipinski definition) is 4. The first-order valence-electron chi connectivity index (χ1n) is 8.43. The molecule has 132 valence electrons. The standard InChI is InChI=1S/C18H24FNO4/c1-22-16-6-11-24-18(12-16)7-9-20(10-8-18)17(21)13-23-15-4-2-14(19)3-5-15/h2-5,16H,6-13H2,1H3. The number of methoxy groups -OCH3 is 1. The lowest BCUT2D eigenvalue weighted by atomic mass is 9.83. The number of rotatable bonds is 4. The molecule has 0 saturated carbocycles. The molecule has 24 heavy (non-hydrogen) atoms. The van der Waals surface area contributed by atoms with Crippen LogP contribution in [0.2, 0.25) is 0 Å². The van der Waals surface area contributed by atoms with Gasteiger partial charge in [0.2, 0.25) is 0 Å². The van der Waals surface area contributed by atoms with Crippen LogP contribution in [0.5, 0.6) is 5.75 Å². The molecule has 1 aromatic rings. The number of nitrogens with zero attached hydrogens (tertiary/aromatic N) is 1. The number of amides is 1. The van der Waals surface area contributed by atoms with E-state index in [0.29, 0.717) is 18.8 Å². The first-order chi connectivity index (χ1) is 11.6. The number of hydrogen-bond donors (Lipinski definition) is 0. The number of piperidine rings is 1. The molecule has 3 rings (SSSR count). The Morgan fingerprint density at radius 2 is 2.04 bits per heavy atom. The quantitative estimate of drug-likeness (QED) is 0.846. The van der Waals surface area contributed by atoms with Gasteiger partial charge >= 0.3 is 0 Å². The Morgan fingerprint density at radius 1 is 1.33 bits per heavy atom. The second-order valence-corrected chi connectivity index (χ2v) is 6.51. The van der Waals surface area contributed by atoms with E-state index in [9.17, 15) is 9.18 Å². The molecule has 1 aromatic carbocycles. The van der Waals surface area contributed by atoms with E-state index >= 15 is 0 Å². The molecule has 0 radical (unpaired) electrons. The highest BCUT2D eigenvalue weighted by Crippen LogP contribution is 2.35. The smallest absolute Gasteiger partial charge is 0.260 e. The average molecular weight is 337 g/mol. The summed E-state index contributed by atoms with van der Waals surface area (Å²) in [4.78, 5) is 14.1. The van der Waals surface area contributed by atoms with Crippen molar-refractivity contribution in [2.75, 3.05) is 33.4 Å². The Kier molecular flexibility index (Phi) is 5.36. The largest absolute Gasteiger partial charge is 0.484 e. The molecule has 0 aromatic heterocycles. The summed E-state index contributed by atoms with van der Waals surface area (Å²) < 4.78 is 29.8. The molecular weight excluding hydrogens is 313 g/mol. The first kappa shape index (κ1) is 17.2. The Bertz CT molecular complexity index is 555. The van der Waals surface area contributed by atoms with Crippen LogP contribution in [0.25, 0.3) is 0 Å². The van der Waals surface area contributed by atoms with Crippen LogP contribution in [0.1, 0.15) is 25.7 Å². The summed E-state index contributed by atoms with van der Waals surface area (Å²) in [7, 11) is 1.75. The number of carbonyl (C=O) groups excluding carboxylic acids is 1. The van der Waals surface area contributed by atoms with Gasteiger partial charge in [-0.15, -0.1) is 0 Å². The average Bonchev–Trinajstić information content (AvgIpc) is 2.61.